The monoisotopic (exact) mass is 487 g/mol. The molecule has 1 aromatic carbocycles. The molecule has 1 aliphatic rings. The van der Waals surface area contributed by atoms with Gasteiger partial charge in [-0.3, -0.25) is 9.20 Å². The summed E-state index contributed by atoms with van der Waals surface area (Å²) in [5, 5.41) is 6.97. The van der Waals surface area contributed by atoms with E-state index in [0.29, 0.717) is 29.1 Å². The van der Waals surface area contributed by atoms with E-state index in [2.05, 4.69) is 25.4 Å². The zero-order valence-electron chi connectivity index (χ0n) is 18.7. The third-order valence-corrected chi connectivity index (χ3v) is 6.08. The summed E-state index contributed by atoms with van der Waals surface area (Å²) in [6, 6.07) is 6.04. The summed E-state index contributed by atoms with van der Waals surface area (Å²) in [7, 11) is 0. The van der Waals surface area contributed by atoms with Gasteiger partial charge in [0.05, 0.1) is 17.2 Å². The summed E-state index contributed by atoms with van der Waals surface area (Å²) < 4.78 is 57.1. The van der Waals surface area contributed by atoms with Crippen molar-refractivity contribution in [2.75, 3.05) is 0 Å². The second kappa shape index (κ2) is 8.75. The highest BCUT2D eigenvalue weighted by molar-refractivity contribution is 5.94. The van der Waals surface area contributed by atoms with Crippen LogP contribution < -0.4 is 5.32 Å². The molecule has 1 aliphatic heterocycles. The minimum Gasteiger partial charge on any atom is -0.347 e. The summed E-state index contributed by atoms with van der Waals surface area (Å²) in [5.74, 6) is -1.81. The maximum Gasteiger partial charge on any atom is 0.392 e. The average molecular weight is 487 g/mol. The molecule has 0 radical (unpaired) electrons. The number of rotatable bonds is 5. The van der Waals surface area contributed by atoms with Crippen molar-refractivity contribution in [3.8, 4) is 11.4 Å². The Balaban J connectivity index is 1.31. The van der Waals surface area contributed by atoms with Crippen molar-refractivity contribution in [2.45, 2.75) is 45.5 Å². The van der Waals surface area contributed by atoms with Crippen LogP contribution >= 0.6 is 0 Å². The average Bonchev–Trinajstić information content (AvgIpc) is 3.42. The van der Waals surface area contributed by atoms with E-state index in [4.69, 9.17) is 0 Å². The van der Waals surface area contributed by atoms with Gasteiger partial charge in [0.15, 0.2) is 5.82 Å². The van der Waals surface area contributed by atoms with Crippen molar-refractivity contribution < 1.29 is 22.4 Å². The van der Waals surface area contributed by atoms with Gasteiger partial charge < -0.3 is 5.32 Å². The summed E-state index contributed by atoms with van der Waals surface area (Å²) in [5.41, 5.74) is 1.57. The molecule has 0 bridgehead atoms. The third kappa shape index (κ3) is 4.35. The van der Waals surface area contributed by atoms with Gasteiger partial charge in [-0.15, -0.1) is 0 Å². The highest BCUT2D eigenvalue weighted by Crippen LogP contribution is 2.35. The molecule has 1 amide bonds. The van der Waals surface area contributed by atoms with Crippen LogP contribution in [0.3, 0.4) is 0 Å². The Morgan fingerprint density at radius 1 is 1.26 bits per heavy atom. The van der Waals surface area contributed by atoms with Gasteiger partial charge in [0.25, 0.3) is 5.91 Å². The van der Waals surface area contributed by atoms with Crippen LogP contribution in [0.2, 0.25) is 0 Å². The van der Waals surface area contributed by atoms with E-state index in [1.54, 1.807) is 28.9 Å². The van der Waals surface area contributed by atoms with E-state index in [1.807, 2.05) is 6.92 Å². The van der Waals surface area contributed by atoms with Crippen molar-refractivity contribution >= 4 is 11.7 Å². The van der Waals surface area contributed by atoms with E-state index >= 15 is 0 Å². The molecule has 0 fully saturated rings. The van der Waals surface area contributed by atoms with Gasteiger partial charge in [0.2, 0.25) is 5.78 Å². The molecule has 0 spiro atoms. The lowest BCUT2D eigenvalue weighted by molar-refractivity contribution is -0.179. The molecule has 0 unspecified atom stereocenters. The van der Waals surface area contributed by atoms with Crippen molar-refractivity contribution in [3.63, 3.8) is 0 Å². The first-order valence-electron chi connectivity index (χ1n) is 11.1. The third-order valence-electron chi connectivity index (χ3n) is 6.08. The highest BCUT2D eigenvalue weighted by Gasteiger charge is 2.42. The standard InChI is InChI=1S/C23H21F4N7O/c1-2-17-19(33-8-3-7-28-22(33)30-17)21(35)29-12-13-4-5-15(16(24)10-13)20-31-18-11-14(23(25,26)27)6-9-34(18)32-20/h3-5,7-8,10,14H,2,6,9,11-12H2,1H3,(H,29,35)/t14-/m1/s1. The van der Waals surface area contributed by atoms with Gasteiger partial charge in [-0.2, -0.15) is 18.3 Å². The van der Waals surface area contributed by atoms with E-state index in [0.717, 1.165) is 0 Å². The second-order valence-electron chi connectivity index (χ2n) is 8.35. The minimum absolute atomic E-state index is 0.0433. The maximum atomic E-state index is 14.9. The first kappa shape index (κ1) is 22.9. The Labute approximate surface area is 197 Å². The predicted molar refractivity (Wildman–Crippen MR) is 117 cm³/mol. The number of benzene rings is 1. The van der Waals surface area contributed by atoms with Gasteiger partial charge in [0.1, 0.15) is 17.3 Å². The fraction of sp³-hybridized carbons (Fsp3) is 0.348. The van der Waals surface area contributed by atoms with Gasteiger partial charge in [-0.1, -0.05) is 13.0 Å². The molecular weight excluding hydrogens is 466 g/mol. The molecule has 12 heteroatoms. The minimum atomic E-state index is -4.30. The van der Waals surface area contributed by atoms with Gasteiger partial charge in [-0.05, 0) is 36.6 Å². The number of hydrogen-bond acceptors (Lipinski definition) is 5. The number of alkyl halides is 3. The van der Waals surface area contributed by atoms with Crippen LogP contribution in [0.25, 0.3) is 17.2 Å². The molecule has 5 rings (SSSR count). The van der Waals surface area contributed by atoms with Crippen molar-refractivity contribution in [2.24, 2.45) is 5.92 Å². The largest absolute Gasteiger partial charge is 0.392 e. The fourth-order valence-corrected chi connectivity index (χ4v) is 4.23. The molecular formula is C23H21F4N7O. The number of nitrogens with zero attached hydrogens (tertiary/aromatic N) is 6. The number of nitrogens with one attached hydrogen (secondary N) is 1. The van der Waals surface area contributed by atoms with Crippen LogP contribution in [-0.4, -0.2) is 41.2 Å². The second-order valence-corrected chi connectivity index (χ2v) is 8.35. The van der Waals surface area contributed by atoms with E-state index in [9.17, 15) is 22.4 Å². The Bertz CT molecular complexity index is 1410. The number of hydrogen-bond donors (Lipinski definition) is 1. The number of carbonyl (C=O) groups excluding carboxylic acids is 1. The lowest BCUT2D eigenvalue weighted by Gasteiger charge is -2.24. The smallest absolute Gasteiger partial charge is 0.347 e. The van der Waals surface area contributed by atoms with Crippen LogP contribution in [-0.2, 0) is 25.9 Å². The normalized spacial score (nSPS) is 15.9. The van der Waals surface area contributed by atoms with Crippen LogP contribution in [0, 0.1) is 11.7 Å². The van der Waals surface area contributed by atoms with Gasteiger partial charge in [-0.25, -0.2) is 24.0 Å². The molecule has 0 saturated carbocycles. The number of imidazole rings is 1. The van der Waals surface area contributed by atoms with Crippen molar-refractivity contribution in [1.29, 1.82) is 0 Å². The Morgan fingerprint density at radius 2 is 2.09 bits per heavy atom. The highest BCUT2D eigenvalue weighted by atomic mass is 19.4. The molecule has 0 saturated heterocycles. The van der Waals surface area contributed by atoms with Crippen LogP contribution in [0.4, 0.5) is 17.6 Å². The molecule has 182 valence electrons. The molecule has 4 heterocycles. The SMILES string of the molecule is CCc1nc2ncccn2c1C(=O)NCc1ccc(-c2nc3n(n2)CC[C@@H](C(F)(F)F)C3)c(F)c1. The fourth-order valence-electron chi connectivity index (χ4n) is 4.23. The zero-order valence-corrected chi connectivity index (χ0v) is 18.7. The first-order valence-corrected chi connectivity index (χ1v) is 11.1. The van der Waals surface area contributed by atoms with Gasteiger partial charge >= 0.3 is 6.18 Å². The van der Waals surface area contributed by atoms with Crippen LogP contribution in [0.5, 0.6) is 0 Å². The lowest BCUT2D eigenvalue weighted by atomic mass is 9.98. The summed E-state index contributed by atoms with van der Waals surface area (Å²) in [6.45, 7) is 2.03. The maximum absolute atomic E-state index is 14.9. The number of aromatic nitrogens is 6. The molecule has 35 heavy (non-hydrogen) atoms. The number of amides is 1. The topological polar surface area (TPSA) is 90.0 Å². The molecule has 1 N–H and O–H groups in total. The number of halogens is 4. The molecule has 1 atom stereocenters. The van der Waals surface area contributed by atoms with E-state index in [-0.39, 0.29) is 49.1 Å². The Morgan fingerprint density at radius 3 is 2.83 bits per heavy atom. The van der Waals surface area contributed by atoms with Crippen molar-refractivity contribution in [3.05, 3.63) is 65.3 Å². The van der Waals surface area contributed by atoms with Crippen LogP contribution in [0.1, 0.15) is 40.9 Å². The Kier molecular flexibility index (Phi) is 5.73. The van der Waals surface area contributed by atoms with E-state index in [1.165, 1.54) is 16.8 Å². The summed E-state index contributed by atoms with van der Waals surface area (Å²) in [6.07, 6.45) is -0.823. The molecule has 0 aliphatic carbocycles. The van der Waals surface area contributed by atoms with Crippen LogP contribution in [0.15, 0.2) is 36.7 Å². The van der Waals surface area contributed by atoms with Crippen molar-refractivity contribution in [1.82, 2.24) is 34.4 Å². The quantitative estimate of drug-likeness (QED) is 0.433. The predicted octanol–water partition coefficient (Wildman–Crippen LogP) is 3.74. The summed E-state index contributed by atoms with van der Waals surface area (Å²) in [4.78, 5) is 25.5. The lowest BCUT2D eigenvalue weighted by Crippen LogP contribution is -2.31. The molecule has 4 aromatic rings. The number of carbonyl (C=O) groups is 1. The van der Waals surface area contributed by atoms with E-state index < -0.39 is 17.9 Å². The first-order chi connectivity index (χ1) is 16.7. The number of aryl methyl sites for hydroxylation is 2. The molecule has 3 aromatic heterocycles. The van der Waals surface area contributed by atoms with Gasteiger partial charge in [0, 0.05) is 31.9 Å². The zero-order chi connectivity index (χ0) is 24.7. The Hall–Kier alpha value is -3.83. The summed E-state index contributed by atoms with van der Waals surface area (Å²) >= 11 is 0. The number of fused-ring (bicyclic) bond motifs is 2. The molecule has 8 nitrogen and oxygen atoms in total.